The van der Waals surface area contributed by atoms with E-state index in [2.05, 4.69) is 5.32 Å². The maximum Gasteiger partial charge on any atom is 0.251 e. The fraction of sp³-hybridized carbons (Fsp3) is 0.562. The minimum absolute atomic E-state index is 0.0476. The predicted molar refractivity (Wildman–Crippen MR) is 95.5 cm³/mol. The zero-order valence-corrected chi connectivity index (χ0v) is 16.1. The normalized spacial score (nSPS) is 23.0. The van der Waals surface area contributed by atoms with Crippen molar-refractivity contribution in [3.63, 3.8) is 0 Å². The summed E-state index contributed by atoms with van der Waals surface area (Å²) in [6.07, 6.45) is 1.97. The number of sulfone groups is 1. The summed E-state index contributed by atoms with van der Waals surface area (Å²) in [5, 5.41) is 2.67. The maximum atomic E-state index is 12.9. The first kappa shape index (κ1) is 19.1. The van der Waals surface area contributed by atoms with E-state index in [1.165, 1.54) is 29.6 Å². The predicted octanol–water partition coefficient (Wildman–Crippen LogP) is 0.397. The lowest BCUT2D eigenvalue weighted by molar-refractivity contribution is 0.0941. The fourth-order valence-electron chi connectivity index (χ4n) is 3.26. The molecule has 144 valence electrons. The second kappa shape index (κ2) is 7.16. The lowest BCUT2D eigenvalue weighted by atomic mass is 10.2. The highest BCUT2D eigenvalue weighted by Gasteiger charge is 2.32. The van der Waals surface area contributed by atoms with Crippen LogP contribution < -0.4 is 10.1 Å². The van der Waals surface area contributed by atoms with Crippen LogP contribution >= 0.6 is 0 Å². The molecule has 2 heterocycles. The highest BCUT2D eigenvalue weighted by molar-refractivity contribution is 7.91. The molecule has 0 saturated carbocycles. The largest absolute Gasteiger partial charge is 0.495 e. The van der Waals surface area contributed by atoms with Gasteiger partial charge < -0.3 is 10.1 Å². The number of methoxy groups -OCH3 is 1. The first-order chi connectivity index (χ1) is 12.2. The second-order valence-electron chi connectivity index (χ2n) is 6.55. The molecule has 26 heavy (non-hydrogen) atoms. The number of amides is 1. The molecule has 10 heteroatoms. The average molecular weight is 402 g/mol. The standard InChI is InChI=1S/C16H22N2O6S2/c1-24-14-5-4-12(16(19)17-13-6-9-25(20,21)11-13)10-15(14)26(22,23)18-7-2-3-8-18/h4-5,10,13H,2-3,6-9,11H2,1H3,(H,17,19). The number of nitrogens with zero attached hydrogens (tertiary/aromatic N) is 1. The van der Waals surface area contributed by atoms with Crippen LogP contribution in [0.1, 0.15) is 29.6 Å². The van der Waals surface area contributed by atoms with Crippen LogP contribution in [0.25, 0.3) is 0 Å². The molecule has 2 aliphatic rings. The molecule has 3 rings (SSSR count). The first-order valence-corrected chi connectivity index (χ1v) is 11.7. The van der Waals surface area contributed by atoms with Crippen LogP contribution in [0, 0.1) is 0 Å². The van der Waals surface area contributed by atoms with Gasteiger partial charge in [0.25, 0.3) is 5.91 Å². The van der Waals surface area contributed by atoms with Gasteiger partial charge in [0.15, 0.2) is 9.84 Å². The van der Waals surface area contributed by atoms with Crippen molar-refractivity contribution in [2.24, 2.45) is 0 Å². The second-order valence-corrected chi connectivity index (χ2v) is 10.7. The monoisotopic (exact) mass is 402 g/mol. The number of sulfonamides is 1. The van der Waals surface area contributed by atoms with Gasteiger partial charge in [-0.25, -0.2) is 16.8 Å². The number of hydrogen-bond donors (Lipinski definition) is 1. The Morgan fingerprint density at radius 1 is 1.27 bits per heavy atom. The van der Waals surface area contributed by atoms with E-state index in [1.54, 1.807) is 0 Å². The number of carbonyl (C=O) groups is 1. The molecule has 1 unspecified atom stereocenters. The zero-order valence-electron chi connectivity index (χ0n) is 14.5. The molecular formula is C16H22N2O6S2. The minimum Gasteiger partial charge on any atom is -0.495 e. The molecule has 2 aliphatic heterocycles. The first-order valence-electron chi connectivity index (χ1n) is 8.42. The summed E-state index contributed by atoms with van der Waals surface area (Å²) in [4.78, 5) is 12.4. The van der Waals surface area contributed by atoms with Gasteiger partial charge in [0.05, 0.1) is 18.6 Å². The lowest BCUT2D eigenvalue weighted by Gasteiger charge is -2.18. The Morgan fingerprint density at radius 3 is 2.54 bits per heavy atom. The number of benzene rings is 1. The molecule has 0 radical (unpaired) electrons. The number of rotatable bonds is 5. The van der Waals surface area contributed by atoms with Crippen LogP contribution in [0.2, 0.25) is 0 Å². The SMILES string of the molecule is COc1ccc(C(=O)NC2CCS(=O)(=O)C2)cc1S(=O)(=O)N1CCCC1. The Balaban J connectivity index is 1.86. The fourth-order valence-corrected chi connectivity index (χ4v) is 6.64. The number of carbonyl (C=O) groups excluding carboxylic acids is 1. The van der Waals surface area contributed by atoms with Crippen molar-refractivity contribution in [1.29, 1.82) is 0 Å². The van der Waals surface area contributed by atoms with Crippen LogP contribution in [0.4, 0.5) is 0 Å². The topological polar surface area (TPSA) is 110 Å². The molecule has 0 aliphatic carbocycles. The summed E-state index contributed by atoms with van der Waals surface area (Å²) in [5.74, 6) is -0.354. The van der Waals surface area contributed by atoms with E-state index in [0.717, 1.165) is 12.8 Å². The van der Waals surface area contributed by atoms with Crippen molar-refractivity contribution in [1.82, 2.24) is 9.62 Å². The number of nitrogens with one attached hydrogen (secondary N) is 1. The summed E-state index contributed by atoms with van der Waals surface area (Å²) in [6.45, 7) is 0.893. The van der Waals surface area contributed by atoms with E-state index < -0.39 is 31.8 Å². The Bertz CT molecular complexity index is 905. The van der Waals surface area contributed by atoms with E-state index in [-0.39, 0.29) is 27.7 Å². The molecular weight excluding hydrogens is 380 g/mol. The molecule has 2 saturated heterocycles. The van der Waals surface area contributed by atoms with Gasteiger partial charge in [0.2, 0.25) is 10.0 Å². The van der Waals surface area contributed by atoms with Gasteiger partial charge in [-0.3, -0.25) is 4.79 Å². The Kier molecular flexibility index (Phi) is 5.27. The van der Waals surface area contributed by atoms with E-state index in [9.17, 15) is 21.6 Å². The smallest absolute Gasteiger partial charge is 0.251 e. The summed E-state index contributed by atoms with van der Waals surface area (Å²) in [6, 6.07) is 3.77. The Hall–Kier alpha value is -1.65. The van der Waals surface area contributed by atoms with E-state index >= 15 is 0 Å². The van der Waals surface area contributed by atoms with Crippen LogP contribution in [0.5, 0.6) is 5.75 Å². The minimum atomic E-state index is -3.75. The van der Waals surface area contributed by atoms with Gasteiger partial charge in [0.1, 0.15) is 10.6 Å². The summed E-state index contributed by atoms with van der Waals surface area (Å²) >= 11 is 0. The van der Waals surface area contributed by atoms with Gasteiger partial charge in [0, 0.05) is 24.7 Å². The van der Waals surface area contributed by atoms with E-state index in [1.807, 2.05) is 0 Å². The van der Waals surface area contributed by atoms with Crippen LogP contribution in [-0.2, 0) is 19.9 Å². The van der Waals surface area contributed by atoms with Crippen molar-refractivity contribution in [2.75, 3.05) is 31.7 Å². The van der Waals surface area contributed by atoms with Crippen molar-refractivity contribution in [3.05, 3.63) is 23.8 Å². The van der Waals surface area contributed by atoms with E-state index in [4.69, 9.17) is 4.74 Å². The molecule has 8 nitrogen and oxygen atoms in total. The summed E-state index contributed by atoms with van der Waals surface area (Å²) in [7, 11) is -5.49. The third-order valence-corrected chi connectivity index (χ3v) is 8.36. The number of hydrogen-bond acceptors (Lipinski definition) is 6. The quantitative estimate of drug-likeness (QED) is 0.763. The van der Waals surface area contributed by atoms with Crippen LogP contribution in [0.3, 0.4) is 0 Å². The van der Waals surface area contributed by atoms with Crippen molar-refractivity contribution in [2.45, 2.75) is 30.2 Å². The molecule has 1 aromatic rings. The van der Waals surface area contributed by atoms with Crippen molar-refractivity contribution < 1.29 is 26.4 Å². The number of ether oxygens (including phenoxy) is 1. The van der Waals surface area contributed by atoms with Gasteiger partial charge in [-0.05, 0) is 37.5 Å². The van der Waals surface area contributed by atoms with Crippen LogP contribution in [-0.4, -0.2) is 64.8 Å². The van der Waals surface area contributed by atoms with Crippen LogP contribution in [0.15, 0.2) is 23.1 Å². The molecule has 2 fully saturated rings. The van der Waals surface area contributed by atoms with Gasteiger partial charge in [-0.2, -0.15) is 4.31 Å². The van der Waals surface area contributed by atoms with Crippen molar-refractivity contribution in [3.8, 4) is 5.75 Å². The van der Waals surface area contributed by atoms with Gasteiger partial charge >= 0.3 is 0 Å². The van der Waals surface area contributed by atoms with Gasteiger partial charge in [-0.15, -0.1) is 0 Å². The average Bonchev–Trinajstić information content (AvgIpc) is 3.24. The molecule has 1 aromatic carbocycles. The van der Waals surface area contributed by atoms with Gasteiger partial charge in [-0.1, -0.05) is 0 Å². The molecule has 0 spiro atoms. The molecule has 1 N–H and O–H groups in total. The Labute approximate surface area is 153 Å². The summed E-state index contributed by atoms with van der Waals surface area (Å²) in [5.41, 5.74) is 0.160. The highest BCUT2D eigenvalue weighted by Crippen LogP contribution is 2.30. The molecule has 0 aromatic heterocycles. The summed E-state index contributed by atoms with van der Waals surface area (Å²) < 4.78 is 55.3. The molecule has 1 amide bonds. The molecule has 1 atom stereocenters. The zero-order chi connectivity index (χ0) is 18.9. The van der Waals surface area contributed by atoms with E-state index in [0.29, 0.717) is 19.5 Å². The third-order valence-electron chi connectivity index (χ3n) is 4.68. The van der Waals surface area contributed by atoms with Crippen molar-refractivity contribution >= 4 is 25.8 Å². The maximum absolute atomic E-state index is 12.9. The molecule has 0 bridgehead atoms. The highest BCUT2D eigenvalue weighted by atomic mass is 32.2. The third kappa shape index (κ3) is 3.86. The lowest BCUT2D eigenvalue weighted by Crippen LogP contribution is -2.35. The Morgan fingerprint density at radius 2 is 1.96 bits per heavy atom.